The van der Waals surface area contributed by atoms with Crippen molar-refractivity contribution in [3.8, 4) is 17.9 Å². The number of likely N-dealkylation sites (tertiary alicyclic amines) is 1. The van der Waals surface area contributed by atoms with Gasteiger partial charge in [0.25, 0.3) is 0 Å². The Morgan fingerprint density at radius 3 is 2.38 bits per heavy atom. The van der Waals surface area contributed by atoms with E-state index >= 15 is 0 Å². The fourth-order valence-electron chi connectivity index (χ4n) is 2.85. The first-order chi connectivity index (χ1) is 12.7. The average Bonchev–Trinajstić information content (AvgIpc) is 2.69. The van der Waals surface area contributed by atoms with Crippen molar-refractivity contribution in [1.82, 2.24) is 4.90 Å². The summed E-state index contributed by atoms with van der Waals surface area (Å²) in [6, 6.07) is 17.9. The number of urea groups is 1. The number of hydrogen-bond donors (Lipinski definition) is 1. The number of carbonyl (C=O) groups is 1. The Kier molecular flexibility index (Phi) is 5.36. The summed E-state index contributed by atoms with van der Waals surface area (Å²) in [6.07, 6.45) is 1.53. The van der Waals surface area contributed by atoms with Crippen molar-refractivity contribution in [3.63, 3.8) is 0 Å². The van der Waals surface area contributed by atoms with E-state index in [9.17, 15) is 4.79 Å². The van der Waals surface area contributed by atoms with Gasteiger partial charge >= 0.3 is 6.03 Å². The number of hydrogen-bond acceptors (Lipinski definition) is 4. The second-order valence-electron chi connectivity index (χ2n) is 6.06. The average molecular weight is 346 g/mol. The smallest absolute Gasteiger partial charge is 0.321 e. The van der Waals surface area contributed by atoms with Crippen LogP contribution in [0.2, 0.25) is 0 Å². The van der Waals surface area contributed by atoms with Crippen molar-refractivity contribution in [2.75, 3.05) is 18.4 Å². The third-order valence-electron chi connectivity index (χ3n) is 4.26. The second-order valence-corrected chi connectivity index (χ2v) is 6.06. The molecule has 2 aromatic carbocycles. The van der Waals surface area contributed by atoms with Gasteiger partial charge in [-0.15, -0.1) is 0 Å². The predicted molar refractivity (Wildman–Crippen MR) is 96.6 cm³/mol. The Hall–Kier alpha value is -3.51. The first kappa shape index (κ1) is 17.3. The number of ether oxygens (including phenoxy) is 1. The van der Waals surface area contributed by atoms with Gasteiger partial charge in [-0.2, -0.15) is 10.5 Å². The molecule has 2 aromatic rings. The minimum absolute atomic E-state index is 0.0499. The van der Waals surface area contributed by atoms with Crippen LogP contribution < -0.4 is 10.1 Å². The van der Waals surface area contributed by atoms with E-state index in [1.54, 1.807) is 53.4 Å². The van der Waals surface area contributed by atoms with E-state index in [1.165, 1.54) is 0 Å². The molecule has 1 N–H and O–H groups in total. The van der Waals surface area contributed by atoms with Crippen molar-refractivity contribution in [3.05, 3.63) is 59.7 Å². The topological polar surface area (TPSA) is 89.2 Å². The Labute approximate surface area is 152 Å². The summed E-state index contributed by atoms with van der Waals surface area (Å²) >= 11 is 0. The molecule has 0 saturated carbocycles. The zero-order valence-electron chi connectivity index (χ0n) is 14.2. The van der Waals surface area contributed by atoms with E-state index in [4.69, 9.17) is 15.3 Å². The molecule has 0 atom stereocenters. The number of amides is 2. The summed E-state index contributed by atoms with van der Waals surface area (Å²) in [7, 11) is 0. The third kappa shape index (κ3) is 4.31. The van der Waals surface area contributed by atoms with E-state index in [2.05, 4.69) is 17.5 Å². The highest BCUT2D eigenvalue weighted by Gasteiger charge is 2.24. The lowest BCUT2D eigenvalue weighted by Crippen LogP contribution is -2.43. The van der Waals surface area contributed by atoms with Crippen LogP contribution in [0.5, 0.6) is 5.75 Å². The molecule has 0 spiro atoms. The standard InChI is InChI=1S/C20H18N4O2/c21-13-15-4-6-18(7-5-15)26-19-8-10-24(11-9-19)20(25)23-17-3-1-2-16(12-17)14-22/h1-7,12,19H,8-11H2,(H,23,25). The molecule has 0 radical (unpaired) electrons. The van der Waals surface area contributed by atoms with Crippen LogP contribution in [0.15, 0.2) is 48.5 Å². The van der Waals surface area contributed by atoms with Crippen LogP contribution in [0.4, 0.5) is 10.5 Å². The molecule has 0 aromatic heterocycles. The number of benzene rings is 2. The summed E-state index contributed by atoms with van der Waals surface area (Å²) < 4.78 is 5.93. The maximum Gasteiger partial charge on any atom is 0.321 e. The van der Waals surface area contributed by atoms with Gasteiger partial charge < -0.3 is 15.0 Å². The highest BCUT2D eigenvalue weighted by molar-refractivity contribution is 5.89. The van der Waals surface area contributed by atoms with E-state index in [1.807, 2.05) is 0 Å². The summed E-state index contributed by atoms with van der Waals surface area (Å²) in [5.74, 6) is 0.736. The number of piperidine rings is 1. The Balaban J connectivity index is 1.50. The maximum atomic E-state index is 12.4. The summed E-state index contributed by atoms with van der Waals surface area (Å²) in [4.78, 5) is 14.1. The number of anilines is 1. The molecule has 1 aliphatic heterocycles. The van der Waals surface area contributed by atoms with E-state index in [0.29, 0.717) is 29.9 Å². The SMILES string of the molecule is N#Cc1ccc(OC2CCN(C(=O)Nc3cccc(C#N)c3)CC2)cc1. The van der Waals surface area contributed by atoms with Crippen LogP contribution in [-0.2, 0) is 0 Å². The van der Waals surface area contributed by atoms with Crippen LogP contribution in [0, 0.1) is 22.7 Å². The molecule has 1 heterocycles. The lowest BCUT2D eigenvalue weighted by atomic mass is 10.1. The molecular formula is C20H18N4O2. The molecule has 130 valence electrons. The zero-order valence-corrected chi connectivity index (χ0v) is 14.2. The minimum Gasteiger partial charge on any atom is -0.490 e. The summed E-state index contributed by atoms with van der Waals surface area (Å²) in [6.45, 7) is 1.20. The normalized spacial score (nSPS) is 14.2. The van der Waals surface area contributed by atoms with Gasteiger partial charge in [0, 0.05) is 31.6 Å². The molecule has 0 unspecified atom stereocenters. The first-order valence-electron chi connectivity index (χ1n) is 8.41. The summed E-state index contributed by atoms with van der Waals surface area (Å²) in [5.41, 5.74) is 1.73. The van der Waals surface area contributed by atoms with E-state index in [0.717, 1.165) is 18.6 Å². The van der Waals surface area contributed by atoms with E-state index in [-0.39, 0.29) is 12.1 Å². The fraction of sp³-hybridized carbons (Fsp3) is 0.250. The van der Waals surface area contributed by atoms with E-state index < -0.39 is 0 Å². The first-order valence-corrected chi connectivity index (χ1v) is 8.41. The van der Waals surface area contributed by atoms with Crippen molar-refractivity contribution in [2.24, 2.45) is 0 Å². The van der Waals surface area contributed by atoms with Crippen LogP contribution in [0.3, 0.4) is 0 Å². The second kappa shape index (κ2) is 8.04. The largest absolute Gasteiger partial charge is 0.490 e. The van der Waals surface area contributed by atoms with Crippen molar-refractivity contribution in [2.45, 2.75) is 18.9 Å². The Bertz CT molecular complexity index is 857. The molecule has 6 nitrogen and oxygen atoms in total. The highest BCUT2D eigenvalue weighted by atomic mass is 16.5. The molecule has 3 rings (SSSR count). The lowest BCUT2D eigenvalue weighted by Gasteiger charge is -2.32. The number of carbonyl (C=O) groups excluding carboxylic acids is 1. The number of nitrogens with zero attached hydrogens (tertiary/aromatic N) is 3. The van der Waals surface area contributed by atoms with Crippen molar-refractivity contribution < 1.29 is 9.53 Å². The van der Waals surface area contributed by atoms with Gasteiger partial charge in [0.1, 0.15) is 11.9 Å². The zero-order chi connectivity index (χ0) is 18.4. The van der Waals surface area contributed by atoms with Gasteiger partial charge in [-0.05, 0) is 42.5 Å². The number of nitriles is 2. The molecule has 26 heavy (non-hydrogen) atoms. The molecule has 6 heteroatoms. The maximum absolute atomic E-state index is 12.4. The number of nitrogens with one attached hydrogen (secondary N) is 1. The van der Waals surface area contributed by atoms with Gasteiger partial charge in [0.2, 0.25) is 0 Å². The van der Waals surface area contributed by atoms with Gasteiger partial charge in [0.15, 0.2) is 0 Å². The van der Waals surface area contributed by atoms with Crippen LogP contribution in [0.25, 0.3) is 0 Å². The van der Waals surface area contributed by atoms with Crippen LogP contribution in [0.1, 0.15) is 24.0 Å². The minimum atomic E-state index is -0.170. The predicted octanol–water partition coefficient (Wildman–Crippen LogP) is 3.51. The van der Waals surface area contributed by atoms with Crippen molar-refractivity contribution >= 4 is 11.7 Å². The molecule has 1 aliphatic rings. The van der Waals surface area contributed by atoms with Gasteiger partial charge in [-0.3, -0.25) is 0 Å². The quantitative estimate of drug-likeness (QED) is 0.921. The fourth-order valence-corrected chi connectivity index (χ4v) is 2.85. The monoisotopic (exact) mass is 346 g/mol. The molecule has 2 amide bonds. The van der Waals surface area contributed by atoms with Crippen LogP contribution in [-0.4, -0.2) is 30.1 Å². The summed E-state index contributed by atoms with van der Waals surface area (Å²) in [5, 5.41) is 20.6. The lowest BCUT2D eigenvalue weighted by molar-refractivity contribution is 0.115. The Morgan fingerprint density at radius 2 is 1.73 bits per heavy atom. The number of rotatable bonds is 3. The molecule has 1 saturated heterocycles. The third-order valence-corrected chi connectivity index (χ3v) is 4.26. The molecule has 1 fully saturated rings. The molecule has 0 bridgehead atoms. The Morgan fingerprint density at radius 1 is 1.04 bits per heavy atom. The van der Waals surface area contributed by atoms with Crippen molar-refractivity contribution in [1.29, 1.82) is 10.5 Å². The van der Waals surface area contributed by atoms with Crippen LogP contribution >= 0.6 is 0 Å². The molecule has 0 aliphatic carbocycles. The van der Waals surface area contributed by atoms with Gasteiger partial charge in [0.05, 0.1) is 23.3 Å². The van der Waals surface area contributed by atoms with Gasteiger partial charge in [-0.1, -0.05) is 6.07 Å². The van der Waals surface area contributed by atoms with Gasteiger partial charge in [-0.25, -0.2) is 4.79 Å². The highest BCUT2D eigenvalue weighted by Crippen LogP contribution is 2.20. The molecular weight excluding hydrogens is 328 g/mol.